The lowest BCUT2D eigenvalue weighted by Crippen LogP contribution is -2.51. The number of aromatic hydroxyl groups is 1. The topological polar surface area (TPSA) is 47.9 Å². The Bertz CT molecular complexity index is 546. The van der Waals surface area contributed by atoms with Crippen LogP contribution in [0.4, 0.5) is 0 Å². The molecule has 25 heavy (non-hydrogen) atoms. The van der Waals surface area contributed by atoms with Gasteiger partial charge in [-0.3, -0.25) is 0 Å². The van der Waals surface area contributed by atoms with E-state index in [0.717, 1.165) is 22.4 Å². The quantitative estimate of drug-likeness (QED) is 0.346. The average Bonchev–Trinajstić information content (AvgIpc) is 2.51. The van der Waals surface area contributed by atoms with E-state index in [2.05, 4.69) is 41.5 Å². The molecule has 0 bridgehead atoms. The van der Waals surface area contributed by atoms with Crippen LogP contribution in [0.3, 0.4) is 0 Å². The van der Waals surface area contributed by atoms with Gasteiger partial charge in [-0.05, 0) is 47.7 Å². The molecule has 0 aliphatic rings. The Morgan fingerprint density at radius 3 is 1.92 bits per heavy atom. The van der Waals surface area contributed by atoms with Gasteiger partial charge in [0.15, 0.2) is 0 Å². The fourth-order valence-electron chi connectivity index (χ4n) is 3.99. The zero-order chi connectivity index (χ0) is 19.4. The highest BCUT2D eigenvalue weighted by Crippen LogP contribution is 2.45. The van der Waals surface area contributed by atoms with Gasteiger partial charge in [0.1, 0.15) is 18.3 Å². The molecule has 144 valence electrons. The lowest BCUT2D eigenvalue weighted by Gasteiger charge is -2.43. The van der Waals surface area contributed by atoms with Crippen molar-refractivity contribution in [1.29, 1.82) is 0 Å². The lowest BCUT2D eigenvalue weighted by molar-refractivity contribution is -0.0392. The van der Waals surface area contributed by atoms with Crippen LogP contribution in [0.1, 0.15) is 58.2 Å². The third-order valence-electron chi connectivity index (χ3n) is 5.30. The lowest BCUT2D eigenvalue weighted by atomic mass is 10.0. The summed E-state index contributed by atoms with van der Waals surface area (Å²) >= 11 is 0. The maximum atomic E-state index is 10.4. The normalized spacial score (nSPS) is 12.5. The summed E-state index contributed by atoms with van der Waals surface area (Å²) in [4.78, 5) is 0. The largest absolute Gasteiger partial charge is 0.542 e. The molecule has 0 radical (unpaired) electrons. The minimum absolute atomic E-state index is 0.229. The first kappa shape index (κ1) is 22.0. The molecule has 5 heteroatoms. The van der Waals surface area contributed by atoms with E-state index in [9.17, 15) is 5.11 Å². The number of benzene rings is 1. The minimum atomic E-state index is -2.09. The van der Waals surface area contributed by atoms with E-state index in [1.807, 2.05) is 13.8 Å². The molecule has 0 unspecified atom stereocenters. The molecule has 1 rings (SSSR count). The number of phenols is 1. The Hall–Kier alpha value is -1.04. The molecule has 0 aliphatic carbocycles. The van der Waals surface area contributed by atoms with Crippen LogP contribution in [0.2, 0.25) is 16.6 Å². The van der Waals surface area contributed by atoms with Crippen LogP contribution in [-0.2, 0) is 16.1 Å². The smallest absolute Gasteiger partial charge is 0.258 e. The van der Waals surface area contributed by atoms with Gasteiger partial charge in [-0.15, -0.1) is 0 Å². The summed E-state index contributed by atoms with van der Waals surface area (Å²) < 4.78 is 17.3. The number of hydrogen-bond acceptors (Lipinski definition) is 4. The summed E-state index contributed by atoms with van der Waals surface area (Å²) in [5.41, 5.74) is 4.22. The summed E-state index contributed by atoms with van der Waals surface area (Å²) in [6.07, 6.45) is 0. The van der Waals surface area contributed by atoms with Gasteiger partial charge in [-0.25, -0.2) is 0 Å². The maximum Gasteiger partial charge on any atom is 0.258 e. The van der Waals surface area contributed by atoms with Crippen LogP contribution >= 0.6 is 0 Å². The van der Waals surface area contributed by atoms with Gasteiger partial charge < -0.3 is 19.0 Å². The standard InChI is InChI=1S/C20H36O4Si/c1-13(2)25(14(3)4,15(5)6)24-20-16(7)18(11-23-12-22-9)10-19(21)17(20)8/h10,13-15,21H,11-12H2,1-9H3. The summed E-state index contributed by atoms with van der Waals surface area (Å²) in [6, 6.07) is 1.77. The fraction of sp³-hybridized carbons (Fsp3) is 0.700. The van der Waals surface area contributed by atoms with Crippen molar-refractivity contribution in [2.45, 2.75) is 78.6 Å². The van der Waals surface area contributed by atoms with Crippen molar-refractivity contribution in [3.63, 3.8) is 0 Å². The summed E-state index contributed by atoms with van der Waals surface area (Å²) in [5.74, 6) is 1.09. The van der Waals surface area contributed by atoms with Crippen molar-refractivity contribution in [3.8, 4) is 11.5 Å². The van der Waals surface area contributed by atoms with E-state index < -0.39 is 8.32 Å². The zero-order valence-electron chi connectivity index (χ0n) is 17.4. The van der Waals surface area contributed by atoms with Gasteiger partial charge in [0.2, 0.25) is 0 Å². The van der Waals surface area contributed by atoms with Crippen molar-refractivity contribution in [1.82, 2.24) is 0 Å². The molecule has 0 amide bonds. The predicted octanol–water partition coefficient (Wildman–Crippen LogP) is 5.68. The number of ether oxygens (including phenoxy) is 2. The van der Waals surface area contributed by atoms with E-state index in [4.69, 9.17) is 13.9 Å². The molecular formula is C20H36O4Si. The maximum absolute atomic E-state index is 10.4. The highest BCUT2D eigenvalue weighted by molar-refractivity contribution is 6.78. The third-order valence-corrected chi connectivity index (χ3v) is 11.3. The van der Waals surface area contributed by atoms with Crippen molar-refractivity contribution < 1.29 is 19.0 Å². The summed E-state index contributed by atoms with van der Waals surface area (Å²) in [5, 5.41) is 10.4. The van der Waals surface area contributed by atoms with Crippen LogP contribution in [0, 0.1) is 13.8 Å². The van der Waals surface area contributed by atoms with Crippen LogP contribution in [-0.4, -0.2) is 27.3 Å². The van der Waals surface area contributed by atoms with E-state index in [1.165, 1.54) is 0 Å². The zero-order valence-corrected chi connectivity index (χ0v) is 18.4. The number of hydrogen-bond donors (Lipinski definition) is 1. The highest BCUT2D eigenvalue weighted by atomic mass is 28.4. The van der Waals surface area contributed by atoms with Gasteiger partial charge in [0.05, 0.1) is 6.61 Å². The molecule has 0 spiro atoms. The third kappa shape index (κ3) is 4.57. The molecule has 0 aromatic heterocycles. The molecular weight excluding hydrogens is 332 g/mol. The van der Waals surface area contributed by atoms with Gasteiger partial charge in [-0.1, -0.05) is 41.5 Å². The van der Waals surface area contributed by atoms with Gasteiger partial charge in [0, 0.05) is 12.7 Å². The van der Waals surface area contributed by atoms with E-state index in [0.29, 0.717) is 23.2 Å². The molecule has 1 aromatic rings. The molecule has 1 N–H and O–H groups in total. The second kappa shape index (κ2) is 9.06. The Morgan fingerprint density at radius 2 is 1.48 bits per heavy atom. The van der Waals surface area contributed by atoms with Crippen molar-refractivity contribution >= 4 is 8.32 Å². The first-order valence-corrected chi connectivity index (χ1v) is 11.3. The fourth-order valence-corrected chi connectivity index (χ4v) is 9.36. The Labute approximate surface area is 154 Å². The SMILES string of the molecule is COCOCc1cc(O)c(C)c(O[Si](C(C)C)(C(C)C)C(C)C)c1C. The van der Waals surface area contributed by atoms with Crippen LogP contribution in [0.25, 0.3) is 0 Å². The molecule has 0 atom stereocenters. The summed E-state index contributed by atoms with van der Waals surface area (Å²) in [6.45, 7) is 18.2. The molecule has 0 fully saturated rings. The monoisotopic (exact) mass is 368 g/mol. The Balaban J connectivity index is 3.39. The highest BCUT2D eigenvalue weighted by Gasteiger charge is 2.47. The van der Waals surface area contributed by atoms with Crippen LogP contribution < -0.4 is 4.43 Å². The average molecular weight is 369 g/mol. The van der Waals surface area contributed by atoms with Crippen molar-refractivity contribution in [2.24, 2.45) is 0 Å². The molecule has 0 aliphatic heterocycles. The summed E-state index contributed by atoms with van der Waals surface area (Å²) in [7, 11) is -0.493. The van der Waals surface area contributed by atoms with Gasteiger partial charge >= 0.3 is 0 Å². The molecule has 0 heterocycles. The van der Waals surface area contributed by atoms with E-state index in [-0.39, 0.29) is 12.5 Å². The van der Waals surface area contributed by atoms with E-state index >= 15 is 0 Å². The number of phenolic OH excluding ortho intramolecular Hbond substituents is 1. The second-order valence-corrected chi connectivity index (χ2v) is 13.2. The van der Waals surface area contributed by atoms with Crippen molar-refractivity contribution in [2.75, 3.05) is 13.9 Å². The van der Waals surface area contributed by atoms with Crippen LogP contribution in [0.5, 0.6) is 11.5 Å². The minimum Gasteiger partial charge on any atom is -0.542 e. The first-order chi connectivity index (χ1) is 11.6. The Kier molecular flexibility index (Phi) is 7.97. The number of methoxy groups -OCH3 is 1. The molecule has 4 nitrogen and oxygen atoms in total. The van der Waals surface area contributed by atoms with Crippen molar-refractivity contribution in [3.05, 3.63) is 22.8 Å². The molecule has 0 saturated heterocycles. The Morgan fingerprint density at radius 1 is 0.960 bits per heavy atom. The number of rotatable bonds is 9. The second-order valence-electron chi connectivity index (χ2n) is 7.81. The predicted molar refractivity (Wildman–Crippen MR) is 106 cm³/mol. The first-order valence-electron chi connectivity index (χ1n) is 9.17. The molecule has 0 saturated carbocycles. The van der Waals surface area contributed by atoms with E-state index in [1.54, 1.807) is 13.2 Å². The molecule has 1 aromatic carbocycles. The van der Waals surface area contributed by atoms with Gasteiger partial charge in [0.25, 0.3) is 8.32 Å². The van der Waals surface area contributed by atoms with Crippen LogP contribution in [0.15, 0.2) is 6.07 Å². The van der Waals surface area contributed by atoms with Gasteiger partial charge in [-0.2, -0.15) is 0 Å².